The van der Waals surface area contributed by atoms with E-state index < -0.39 is 11.6 Å². The molecule has 1 saturated heterocycles. The van der Waals surface area contributed by atoms with Gasteiger partial charge in [-0.25, -0.2) is 24.3 Å². The van der Waals surface area contributed by atoms with Gasteiger partial charge in [0.15, 0.2) is 0 Å². The van der Waals surface area contributed by atoms with Crippen LogP contribution in [0, 0.1) is 5.82 Å². The van der Waals surface area contributed by atoms with Crippen molar-refractivity contribution >= 4 is 23.5 Å². The minimum atomic E-state index is -0.910. The highest BCUT2D eigenvalue weighted by Gasteiger charge is 2.26. The van der Waals surface area contributed by atoms with Crippen LogP contribution in [0.4, 0.5) is 27.9 Å². The summed E-state index contributed by atoms with van der Waals surface area (Å²) in [7, 11) is 0. The number of nitrogens with one attached hydrogen (secondary N) is 1. The van der Waals surface area contributed by atoms with Gasteiger partial charge in [-0.2, -0.15) is 4.98 Å². The average Bonchev–Trinajstić information content (AvgIpc) is 2.98. The Morgan fingerprint density at radius 3 is 2.13 bits per heavy atom. The zero-order valence-electron chi connectivity index (χ0n) is 21.4. The van der Waals surface area contributed by atoms with E-state index in [1.165, 1.54) is 18.5 Å². The van der Waals surface area contributed by atoms with Crippen molar-refractivity contribution in [3.8, 4) is 0 Å². The fourth-order valence-electron chi connectivity index (χ4n) is 4.35. The average molecular weight is 532 g/mol. The summed E-state index contributed by atoms with van der Waals surface area (Å²) in [5, 5.41) is 22.0. The molecule has 1 fully saturated rings. The van der Waals surface area contributed by atoms with Gasteiger partial charge in [0, 0.05) is 49.8 Å². The second-order valence-corrected chi connectivity index (χ2v) is 9.51. The summed E-state index contributed by atoms with van der Waals surface area (Å²) in [6.07, 6.45) is 4.00. The highest BCUT2D eigenvalue weighted by atomic mass is 19.1. The molecule has 0 amide bonds. The topological polar surface area (TPSA) is 149 Å². The molecule has 0 radical (unpaired) electrons. The minimum Gasteiger partial charge on any atom is -0.393 e. The number of aliphatic hydroxyl groups is 2. The molecule has 1 aliphatic rings. The third kappa shape index (κ3) is 5.93. The number of piperazine rings is 1. The van der Waals surface area contributed by atoms with Gasteiger partial charge in [-0.3, -0.25) is 0 Å². The second kappa shape index (κ2) is 11.2. The predicted octanol–water partition coefficient (Wildman–Crippen LogP) is 2.12. The number of benzene rings is 2. The van der Waals surface area contributed by atoms with Crippen LogP contribution < -0.4 is 20.9 Å². The molecule has 3 heterocycles. The Hall–Kier alpha value is -4.26. The van der Waals surface area contributed by atoms with Crippen LogP contribution in [0.3, 0.4) is 0 Å². The van der Waals surface area contributed by atoms with Crippen molar-refractivity contribution in [1.29, 1.82) is 0 Å². The van der Waals surface area contributed by atoms with Crippen LogP contribution in [0.1, 0.15) is 29.7 Å². The highest BCUT2D eigenvalue weighted by molar-refractivity contribution is 5.55. The summed E-state index contributed by atoms with van der Waals surface area (Å²) in [6.45, 7) is 4.23. The normalized spacial score (nSPS) is 16.0. The summed E-state index contributed by atoms with van der Waals surface area (Å²) in [5.74, 6) is 1.27. The van der Waals surface area contributed by atoms with Crippen LogP contribution in [-0.4, -0.2) is 67.9 Å². The lowest BCUT2D eigenvalue weighted by atomic mass is 9.87. The fourth-order valence-corrected chi connectivity index (χ4v) is 4.35. The Morgan fingerprint density at radius 1 is 0.897 bits per heavy atom. The lowest BCUT2D eigenvalue weighted by Gasteiger charge is -2.35. The standard InChI is InChI=1S/C27H30FN9O2/c1-27(29,19-4-6-21(28)7-5-19)20-14-30-25(31-15-20)36-10-12-37(13-11-36)26-33-17-32-24(35-26)34-22-8-2-18(3-9-22)23(39)16-38/h2-9,14-15,17,23,38-39H,10-13,16,29H2,1H3,(H,32,33,34,35)/t23-,27-/m0/s1. The Morgan fingerprint density at radius 2 is 1.51 bits per heavy atom. The van der Waals surface area contributed by atoms with E-state index in [1.807, 2.05) is 6.92 Å². The van der Waals surface area contributed by atoms with Crippen molar-refractivity contribution in [2.75, 3.05) is 47.9 Å². The van der Waals surface area contributed by atoms with Crippen molar-refractivity contribution in [1.82, 2.24) is 24.9 Å². The number of hydrogen-bond donors (Lipinski definition) is 4. The lowest BCUT2D eigenvalue weighted by molar-refractivity contribution is 0.0956. The number of nitrogens with two attached hydrogens (primary N) is 1. The molecule has 0 saturated carbocycles. The quantitative estimate of drug-likeness (QED) is 0.265. The van der Waals surface area contributed by atoms with E-state index in [-0.39, 0.29) is 12.4 Å². The first kappa shape index (κ1) is 26.4. The van der Waals surface area contributed by atoms with E-state index in [9.17, 15) is 9.50 Å². The third-order valence-corrected chi connectivity index (χ3v) is 6.81. The van der Waals surface area contributed by atoms with Crippen molar-refractivity contribution in [2.24, 2.45) is 5.73 Å². The van der Waals surface area contributed by atoms with Gasteiger partial charge in [-0.05, 0) is 42.3 Å². The van der Waals surface area contributed by atoms with Crippen LogP contribution >= 0.6 is 0 Å². The Labute approximate surface area is 225 Å². The van der Waals surface area contributed by atoms with Gasteiger partial charge in [0.05, 0.1) is 12.1 Å². The van der Waals surface area contributed by atoms with Crippen LogP contribution in [0.2, 0.25) is 0 Å². The van der Waals surface area contributed by atoms with E-state index in [2.05, 4.69) is 40.0 Å². The third-order valence-electron chi connectivity index (χ3n) is 6.81. The SMILES string of the molecule is C[C@](N)(c1ccc(F)cc1)c1cnc(N2CCN(c3ncnc(Nc4ccc([C@@H](O)CO)cc4)n3)CC2)nc1. The van der Waals surface area contributed by atoms with Gasteiger partial charge in [-0.15, -0.1) is 0 Å². The van der Waals surface area contributed by atoms with Gasteiger partial charge < -0.3 is 31.1 Å². The van der Waals surface area contributed by atoms with Crippen LogP contribution in [0.25, 0.3) is 0 Å². The maximum Gasteiger partial charge on any atom is 0.231 e. The summed E-state index contributed by atoms with van der Waals surface area (Å²) >= 11 is 0. The first-order valence-electron chi connectivity index (χ1n) is 12.6. The second-order valence-electron chi connectivity index (χ2n) is 9.51. The number of anilines is 4. The molecule has 0 bridgehead atoms. The Kier molecular flexibility index (Phi) is 7.59. The van der Waals surface area contributed by atoms with Crippen LogP contribution in [0.15, 0.2) is 67.3 Å². The maximum atomic E-state index is 13.3. The molecule has 0 spiro atoms. The molecule has 4 aromatic rings. The van der Waals surface area contributed by atoms with Crippen LogP contribution in [0.5, 0.6) is 0 Å². The molecule has 2 aromatic heterocycles. The highest BCUT2D eigenvalue weighted by Crippen LogP contribution is 2.27. The van der Waals surface area contributed by atoms with Gasteiger partial charge in [0.1, 0.15) is 18.2 Å². The molecule has 1 aliphatic heterocycles. The minimum absolute atomic E-state index is 0.309. The number of hydrogen-bond acceptors (Lipinski definition) is 11. The van der Waals surface area contributed by atoms with Crippen molar-refractivity contribution < 1.29 is 14.6 Å². The zero-order valence-corrected chi connectivity index (χ0v) is 21.4. The number of halogens is 1. The fraction of sp³-hybridized carbons (Fsp3) is 0.296. The lowest BCUT2D eigenvalue weighted by Crippen LogP contribution is -2.47. The van der Waals surface area contributed by atoms with Gasteiger partial charge in [0.2, 0.25) is 17.8 Å². The molecule has 202 valence electrons. The molecule has 39 heavy (non-hydrogen) atoms. The molecule has 5 rings (SSSR count). The molecule has 2 aromatic carbocycles. The van der Waals surface area contributed by atoms with Crippen molar-refractivity contribution in [3.63, 3.8) is 0 Å². The molecule has 0 unspecified atom stereocenters. The number of aliphatic hydroxyl groups excluding tert-OH is 2. The molecule has 5 N–H and O–H groups in total. The number of rotatable bonds is 8. The summed E-state index contributed by atoms with van der Waals surface area (Å²) in [6, 6.07) is 13.2. The molecular formula is C27H30FN9O2. The van der Waals surface area contributed by atoms with Crippen molar-refractivity contribution in [3.05, 3.63) is 89.8 Å². The molecule has 2 atom stereocenters. The summed E-state index contributed by atoms with van der Waals surface area (Å²) in [4.78, 5) is 26.4. The van der Waals surface area contributed by atoms with E-state index in [0.717, 1.165) is 16.8 Å². The van der Waals surface area contributed by atoms with E-state index >= 15 is 0 Å². The van der Waals surface area contributed by atoms with Gasteiger partial charge >= 0.3 is 0 Å². The largest absolute Gasteiger partial charge is 0.393 e. The molecule has 12 heteroatoms. The molecule has 0 aliphatic carbocycles. The summed E-state index contributed by atoms with van der Waals surface area (Å²) < 4.78 is 13.3. The molecule has 11 nitrogen and oxygen atoms in total. The van der Waals surface area contributed by atoms with Crippen molar-refractivity contribution in [2.45, 2.75) is 18.6 Å². The number of nitrogens with zero attached hydrogens (tertiary/aromatic N) is 7. The van der Waals surface area contributed by atoms with E-state index in [1.54, 1.807) is 48.8 Å². The van der Waals surface area contributed by atoms with Crippen LogP contribution in [-0.2, 0) is 5.54 Å². The number of aromatic nitrogens is 5. The Bertz CT molecular complexity index is 1380. The van der Waals surface area contributed by atoms with Gasteiger partial charge in [0.25, 0.3) is 0 Å². The maximum absolute atomic E-state index is 13.3. The summed E-state index contributed by atoms with van der Waals surface area (Å²) in [5.41, 5.74) is 8.58. The van der Waals surface area contributed by atoms with E-state index in [0.29, 0.717) is 49.6 Å². The van der Waals surface area contributed by atoms with E-state index in [4.69, 9.17) is 10.8 Å². The molecular weight excluding hydrogens is 501 g/mol. The first-order chi connectivity index (χ1) is 18.8. The monoisotopic (exact) mass is 531 g/mol. The zero-order chi connectivity index (χ0) is 27.4. The first-order valence-corrected chi connectivity index (χ1v) is 12.6. The predicted molar refractivity (Wildman–Crippen MR) is 145 cm³/mol. The smallest absolute Gasteiger partial charge is 0.231 e. The Balaban J connectivity index is 1.19. The van der Waals surface area contributed by atoms with Gasteiger partial charge in [-0.1, -0.05) is 24.3 Å².